The minimum absolute atomic E-state index is 0.158. The fraction of sp³-hybridized carbons (Fsp3) is 0.231. The number of halogens is 2. The molecular formula is C13H13BrClNO3S2. The van der Waals surface area contributed by atoms with Gasteiger partial charge in [0.05, 0.1) is 15.4 Å². The van der Waals surface area contributed by atoms with E-state index in [0.717, 1.165) is 17.8 Å². The van der Waals surface area contributed by atoms with Crippen molar-refractivity contribution in [3.63, 3.8) is 0 Å². The molecule has 1 aromatic carbocycles. The molecule has 8 heteroatoms. The number of anilines is 1. The molecule has 21 heavy (non-hydrogen) atoms. The number of hydrogen-bond donors (Lipinski definition) is 1. The molecule has 1 aromatic heterocycles. The van der Waals surface area contributed by atoms with Gasteiger partial charge in [0.1, 0.15) is 9.96 Å². The lowest BCUT2D eigenvalue weighted by Gasteiger charge is -2.08. The van der Waals surface area contributed by atoms with E-state index in [-0.39, 0.29) is 4.21 Å². The molecule has 0 fully saturated rings. The summed E-state index contributed by atoms with van der Waals surface area (Å²) in [5.74, 6) is 0.710. The van der Waals surface area contributed by atoms with Crippen molar-refractivity contribution in [2.24, 2.45) is 0 Å². The van der Waals surface area contributed by atoms with Crippen LogP contribution < -0.4 is 9.46 Å². The van der Waals surface area contributed by atoms with Gasteiger partial charge in [-0.15, -0.1) is 11.3 Å². The maximum Gasteiger partial charge on any atom is 0.271 e. The van der Waals surface area contributed by atoms with Crippen molar-refractivity contribution in [1.29, 1.82) is 0 Å². The summed E-state index contributed by atoms with van der Waals surface area (Å²) in [5.41, 5.74) is 0.472. The Labute approximate surface area is 141 Å². The molecule has 1 N–H and O–H groups in total. The van der Waals surface area contributed by atoms with E-state index < -0.39 is 10.0 Å². The molecule has 4 nitrogen and oxygen atoms in total. The average molecular weight is 411 g/mol. The Bertz CT molecular complexity index is 694. The first kappa shape index (κ1) is 16.6. The van der Waals surface area contributed by atoms with Crippen LogP contribution in [0, 0.1) is 0 Å². The van der Waals surface area contributed by atoms with Gasteiger partial charge >= 0.3 is 0 Å². The van der Waals surface area contributed by atoms with E-state index in [1.54, 1.807) is 24.3 Å². The normalized spacial score (nSPS) is 11.4. The number of rotatable bonds is 6. The van der Waals surface area contributed by atoms with Gasteiger partial charge in [0.2, 0.25) is 0 Å². The number of hydrogen-bond acceptors (Lipinski definition) is 4. The first-order valence-electron chi connectivity index (χ1n) is 6.13. The maximum absolute atomic E-state index is 12.2. The fourth-order valence-electron chi connectivity index (χ4n) is 1.50. The zero-order chi connectivity index (χ0) is 15.5. The summed E-state index contributed by atoms with van der Waals surface area (Å²) in [7, 11) is -3.63. The largest absolute Gasteiger partial charge is 0.494 e. The smallest absolute Gasteiger partial charge is 0.271 e. The molecule has 114 valence electrons. The van der Waals surface area contributed by atoms with Crippen molar-refractivity contribution in [1.82, 2.24) is 0 Å². The number of ether oxygens (including phenoxy) is 1. The lowest BCUT2D eigenvalue weighted by Crippen LogP contribution is -2.11. The summed E-state index contributed by atoms with van der Waals surface area (Å²) >= 11 is 10.1. The third-order valence-electron chi connectivity index (χ3n) is 2.47. The quantitative estimate of drug-likeness (QED) is 0.747. The van der Waals surface area contributed by atoms with Crippen LogP contribution in [-0.2, 0) is 10.0 Å². The monoisotopic (exact) mass is 409 g/mol. The van der Waals surface area contributed by atoms with Crippen LogP contribution in [0.3, 0.4) is 0 Å². The molecule has 0 aliphatic carbocycles. The lowest BCUT2D eigenvalue weighted by molar-refractivity contribution is 0.317. The molecule has 0 amide bonds. The van der Waals surface area contributed by atoms with E-state index in [2.05, 4.69) is 20.7 Å². The van der Waals surface area contributed by atoms with E-state index in [1.165, 1.54) is 6.07 Å². The summed E-state index contributed by atoms with van der Waals surface area (Å²) in [6.07, 6.45) is 0.919. The molecular weight excluding hydrogens is 398 g/mol. The van der Waals surface area contributed by atoms with Crippen molar-refractivity contribution in [3.05, 3.63) is 39.1 Å². The van der Waals surface area contributed by atoms with Gasteiger partial charge in [-0.05, 0) is 52.7 Å². The Hall–Kier alpha value is -0.760. The average Bonchev–Trinajstić information content (AvgIpc) is 2.78. The molecule has 0 saturated heterocycles. The topological polar surface area (TPSA) is 55.4 Å². The van der Waals surface area contributed by atoms with Crippen molar-refractivity contribution in [3.8, 4) is 5.75 Å². The number of sulfonamides is 1. The highest BCUT2D eigenvalue weighted by Gasteiger charge is 2.19. The minimum Gasteiger partial charge on any atom is -0.494 e. The molecule has 0 bridgehead atoms. The summed E-state index contributed by atoms with van der Waals surface area (Å²) in [6, 6.07) is 8.19. The van der Waals surface area contributed by atoms with E-state index >= 15 is 0 Å². The molecule has 0 aliphatic rings. The first-order valence-corrected chi connectivity index (χ1v) is 9.60. The molecule has 0 radical (unpaired) electrons. The Morgan fingerprint density at radius 2 is 2.00 bits per heavy atom. The van der Waals surface area contributed by atoms with Crippen LogP contribution in [0.4, 0.5) is 5.69 Å². The Morgan fingerprint density at radius 3 is 2.52 bits per heavy atom. The number of thiophene rings is 1. The zero-order valence-corrected chi connectivity index (χ0v) is 15.1. The highest BCUT2D eigenvalue weighted by Crippen LogP contribution is 2.35. The molecule has 0 spiro atoms. The Balaban J connectivity index is 2.13. The van der Waals surface area contributed by atoms with E-state index in [0.29, 0.717) is 26.9 Å². The summed E-state index contributed by atoms with van der Waals surface area (Å²) in [4.78, 5) is 0. The van der Waals surface area contributed by atoms with Crippen molar-refractivity contribution < 1.29 is 13.2 Å². The van der Waals surface area contributed by atoms with Crippen molar-refractivity contribution in [2.75, 3.05) is 11.3 Å². The van der Waals surface area contributed by atoms with Crippen molar-refractivity contribution >= 4 is 54.6 Å². The number of benzene rings is 1. The molecule has 2 rings (SSSR count). The van der Waals surface area contributed by atoms with Gasteiger partial charge in [-0.25, -0.2) is 8.42 Å². The summed E-state index contributed by atoms with van der Waals surface area (Å²) < 4.78 is 33.1. The zero-order valence-electron chi connectivity index (χ0n) is 11.1. The van der Waals surface area contributed by atoms with Crippen LogP contribution in [0.25, 0.3) is 0 Å². The van der Waals surface area contributed by atoms with E-state index in [4.69, 9.17) is 16.3 Å². The SMILES string of the molecule is CCCOc1ccc(NS(=O)(=O)c2cc(Cl)c(Br)s2)cc1. The third-order valence-corrected chi connectivity index (χ3v) is 6.80. The van der Waals surface area contributed by atoms with Gasteiger partial charge in [0, 0.05) is 5.69 Å². The standard InChI is InChI=1S/C13H13BrClNO3S2/c1-2-7-19-10-5-3-9(4-6-10)16-21(17,18)12-8-11(15)13(14)20-12/h3-6,8,16H,2,7H2,1H3. The maximum atomic E-state index is 12.2. The second kappa shape index (κ2) is 7.00. The minimum atomic E-state index is -3.63. The van der Waals surface area contributed by atoms with E-state index in [9.17, 15) is 8.42 Å². The van der Waals surface area contributed by atoms with E-state index in [1.807, 2.05) is 6.92 Å². The fourth-order valence-corrected chi connectivity index (χ4v) is 4.96. The summed E-state index contributed by atoms with van der Waals surface area (Å²) in [6.45, 7) is 2.65. The third kappa shape index (κ3) is 4.35. The van der Waals surface area contributed by atoms with Gasteiger partial charge in [-0.1, -0.05) is 18.5 Å². The van der Waals surface area contributed by atoms with Crippen molar-refractivity contribution in [2.45, 2.75) is 17.6 Å². The second-order valence-electron chi connectivity index (χ2n) is 4.17. The predicted molar refractivity (Wildman–Crippen MR) is 90.1 cm³/mol. The first-order chi connectivity index (χ1) is 9.92. The van der Waals surface area contributed by atoms with Gasteiger partial charge in [-0.2, -0.15) is 0 Å². The summed E-state index contributed by atoms with van der Waals surface area (Å²) in [5, 5.41) is 0.378. The molecule has 0 saturated carbocycles. The number of nitrogens with one attached hydrogen (secondary N) is 1. The van der Waals surface area contributed by atoms with Crippen LogP contribution in [0.1, 0.15) is 13.3 Å². The molecule has 0 unspecified atom stereocenters. The van der Waals surface area contributed by atoms with Gasteiger partial charge < -0.3 is 4.74 Å². The highest BCUT2D eigenvalue weighted by atomic mass is 79.9. The van der Waals surface area contributed by atoms with Crippen LogP contribution in [-0.4, -0.2) is 15.0 Å². The molecule has 0 atom stereocenters. The molecule has 0 aliphatic heterocycles. The van der Waals surface area contributed by atoms with Crippen LogP contribution in [0.2, 0.25) is 5.02 Å². The Kier molecular flexibility index (Phi) is 5.54. The van der Waals surface area contributed by atoms with Crippen LogP contribution in [0.5, 0.6) is 5.75 Å². The lowest BCUT2D eigenvalue weighted by atomic mass is 10.3. The highest BCUT2D eigenvalue weighted by molar-refractivity contribution is 9.11. The predicted octanol–water partition coefficient (Wildman–Crippen LogP) is 4.75. The Morgan fingerprint density at radius 1 is 1.33 bits per heavy atom. The van der Waals surface area contributed by atoms with Gasteiger partial charge in [0.25, 0.3) is 10.0 Å². The van der Waals surface area contributed by atoms with Crippen LogP contribution >= 0.6 is 38.9 Å². The second-order valence-corrected chi connectivity index (χ2v) is 8.85. The van der Waals surface area contributed by atoms with Crippen LogP contribution in [0.15, 0.2) is 38.3 Å². The van der Waals surface area contributed by atoms with Gasteiger partial charge in [0.15, 0.2) is 0 Å². The molecule has 1 heterocycles. The molecule has 2 aromatic rings. The van der Waals surface area contributed by atoms with Gasteiger partial charge in [-0.3, -0.25) is 4.72 Å².